The second-order valence-electron chi connectivity index (χ2n) is 5.23. The standard InChI is InChI=1S/C13H15IN2O4/c1-13(12(17)18)6-2-3-11(13)15-10-5-4-8(16(19)20)7-9(10)14/h4-5,7,11,15H,2-3,6H2,1H3,(H,17,18). The second kappa shape index (κ2) is 5.55. The van der Waals surface area contributed by atoms with Gasteiger partial charge in [0.1, 0.15) is 0 Å². The smallest absolute Gasteiger partial charge is 0.311 e. The van der Waals surface area contributed by atoms with Crippen molar-refractivity contribution in [3.05, 3.63) is 31.9 Å². The first-order chi connectivity index (χ1) is 9.34. The monoisotopic (exact) mass is 390 g/mol. The zero-order valence-electron chi connectivity index (χ0n) is 10.9. The third kappa shape index (κ3) is 2.72. The summed E-state index contributed by atoms with van der Waals surface area (Å²) in [6, 6.07) is 4.39. The summed E-state index contributed by atoms with van der Waals surface area (Å²) in [6.45, 7) is 1.75. The Morgan fingerprint density at radius 1 is 1.60 bits per heavy atom. The molecule has 2 rings (SSSR count). The predicted molar refractivity (Wildman–Crippen MR) is 82.8 cm³/mol. The Labute approximate surface area is 129 Å². The van der Waals surface area contributed by atoms with Gasteiger partial charge in [0.2, 0.25) is 0 Å². The van der Waals surface area contributed by atoms with E-state index in [0.717, 1.165) is 22.1 Å². The number of carboxylic acid groups (broad SMARTS) is 1. The molecule has 1 saturated carbocycles. The van der Waals surface area contributed by atoms with E-state index in [1.807, 2.05) is 22.6 Å². The van der Waals surface area contributed by atoms with Crippen molar-refractivity contribution in [1.82, 2.24) is 0 Å². The molecule has 0 aliphatic heterocycles. The number of carboxylic acids is 1. The van der Waals surface area contributed by atoms with E-state index < -0.39 is 16.3 Å². The lowest BCUT2D eigenvalue weighted by molar-refractivity contribution is -0.384. The van der Waals surface area contributed by atoms with Crippen LogP contribution in [0.3, 0.4) is 0 Å². The highest BCUT2D eigenvalue weighted by atomic mass is 127. The highest BCUT2D eigenvalue weighted by Gasteiger charge is 2.45. The molecule has 2 atom stereocenters. The van der Waals surface area contributed by atoms with Gasteiger partial charge in [-0.1, -0.05) is 6.42 Å². The normalized spacial score (nSPS) is 25.4. The van der Waals surface area contributed by atoms with Crippen molar-refractivity contribution in [1.29, 1.82) is 0 Å². The van der Waals surface area contributed by atoms with Gasteiger partial charge >= 0.3 is 5.97 Å². The molecular formula is C13H15IN2O4. The first-order valence-electron chi connectivity index (χ1n) is 6.28. The van der Waals surface area contributed by atoms with Crippen LogP contribution in [0.2, 0.25) is 0 Å². The maximum atomic E-state index is 11.4. The average molecular weight is 390 g/mol. The van der Waals surface area contributed by atoms with Crippen LogP contribution < -0.4 is 5.32 Å². The van der Waals surface area contributed by atoms with Gasteiger partial charge in [0.15, 0.2) is 0 Å². The molecule has 0 saturated heterocycles. The predicted octanol–water partition coefficient (Wildman–Crippen LogP) is 3.25. The van der Waals surface area contributed by atoms with Gasteiger partial charge in [-0.05, 0) is 48.4 Å². The molecule has 20 heavy (non-hydrogen) atoms. The van der Waals surface area contributed by atoms with Crippen molar-refractivity contribution in [2.24, 2.45) is 5.41 Å². The van der Waals surface area contributed by atoms with Gasteiger partial charge in [0, 0.05) is 27.4 Å². The summed E-state index contributed by atoms with van der Waals surface area (Å²) in [6.07, 6.45) is 2.30. The zero-order valence-corrected chi connectivity index (χ0v) is 13.1. The maximum Gasteiger partial charge on any atom is 0.311 e. The van der Waals surface area contributed by atoms with Crippen LogP contribution in [0, 0.1) is 19.1 Å². The summed E-state index contributed by atoms with van der Waals surface area (Å²) in [4.78, 5) is 21.7. The number of nitro groups is 1. The zero-order chi connectivity index (χ0) is 14.9. The van der Waals surface area contributed by atoms with E-state index in [1.54, 1.807) is 13.0 Å². The first kappa shape index (κ1) is 15.0. The van der Waals surface area contributed by atoms with Crippen LogP contribution in [0.5, 0.6) is 0 Å². The number of nitrogens with one attached hydrogen (secondary N) is 1. The third-order valence-corrected chi connectivity index (χ3v) is 4.83. The quantitative estimate of drug-likeness (QED) is 0.468. The van der Waals surface area contributed by atoms with Crippen molar-refractivity contribution < 1.29 is 14.8 Å². The number of rotatable bonds is 4. The minimum atomic E-state index is -0.801. The number of anilines is 1. The van der Waals surface area contributed by atoms with E-state index in [4.69, 9.17) is 0 Å². The summed E-state index contributed by atoms with van der Waals surface area (Å²) < 4.78 is 0.719. The number of aliphatic carboxylic acids is 1. The van der Waals surface area contributed by atoms with Crippen molar-refractivity contribution in [3.8, 4) is 0 Å². The van der Waals surface area contributed by atoms with Crippen molar-refractivity contribution in [2.75, 3.05) is 5.32 Å². The minimum Gasteiger partial charge on any atom is -0.481 e. The van der Waals surface area contributed by atoms with Crippen LogP contribution in [0.15, 0.2) is 18.2 Å². The fourth-order valence-electron chi connectivity index (χ4n) is 2.58. The molecule has 1 aromatic carbocycles. The lowest BCUT2D eigenvalue weighted by Crippen LogP contribution is -2.40. The Balaban J connectivity index is 2.22. The summed E-state index contributed by atoms with van der Waals surface area (Å²) in [7, 11) is 0. The molecule has 0 heterocycles. The molecule has 2 N–H and O–H groups in total. The van der Waals surface area contributed by atoms with E-state index in [2.05, 4.69) is 5.32 Å². The highest BCUT2D eigenvalue weighted by Crippen LogP contribution is 2.40. The number of benzene rings is 1. The number of nitrogens with zero attached hydrogens (tertiary/aromatic N) is 1. The summed E-state index contributed by atoms with van der Waals surface area (Å²) in [5.74, 6) is -0.801. The lowest BCUT2D eigenvalue weighted by Gasteiger charge is -2.28. The Kier molecular flexibility index (Phi) is 4.17. The van der Waals surface area contributed by atoms with Crippen LogP contribution in [0.25, 0.3) is 0 Å². The number of hydrogen-bond acceptors (Lipinski definition) is 4. The molecule has 7 heteroatoms. The average Bonchev–Trinajstić information content (AvgIpc) is 2.74. The molecule has 0 amide bonds. The number of carbonyl (C=O) groups is 1. The van der Waals surface area contributed by atoms with Crippen molar-refractivity contribution >= 4 is 39.9 Å². The fraction of sp³-hybridized carbons (Fsp3) is 0.462. The molecule has 2 unspecified atom stereocenters. The van der Waals surface area contributed by atoms with Crippen molar-refractivity contribution in [3.63, 3.8) is 0 Å². The maximum absolute atomic E-state index is 11.4. The van der Waals surface area contributed by atoms with E-state index in [1.165, 1.54) is 12.1 Å². The van der Waals surface area contributed by atoms with E-state index in [9.17, 15) is 20.0 Å². The molecule has 0 radical (unpaired) electrons. The number of nitro benzene ring substituents is 1. The van der Waals surface area contributed by atoms with Gasteiger partial charge < -0.3 is 10.4 Å². The van der Waals surface area contributed by atoms with Crippen LogP contribution >= 0.6 is 22.6 Å². The number of hydrogen-bond donors (Lipinski definition) is 2. The minimum absolute atomic E-state index is 0.0346. The van der Waals surface area contributed by atoms with Gasteiger partial charge in [0.25, 0.3) is 5.69 Å². The topological polar surface area (TPSA) is 92.5 Å². The number of non-ortho nitro benzene ring substituents is 1. The fourth-order valence-corrected chi connectivity index (χ4v) is 3.23. The van der Waals surface area contributed by atoms with Crippen LogP contribution in [-0.4, -0.2) is 22.0 Å². The molecule has 0 spiro atoms. The largest absolute Gasteiger partial charge is 0.481 e. The Bertz CT molecular complexity index is 563. The first-order valence-corrected chi connectivity index (χ1v) is 7.36. The molecule has 0 bridgehead atoms. The summed E-state index contributed by atoms with van der Waals surface area (Å²) in [5.41, 5.74) is -0.00635. The second-order valence-corrected chi connectivity index (χ2v) is 6.40. The van der Waals surface area contributed by atoms with Gasteiger partial charge in [-0.25, -0.2) is 0 Å². The SMILES string of the molecule is CC1(C(=O)O)CCCC1Nc1ccc([N+](=O)[O-])cc1I. The van der Waals surface area contributed by atoms with Crippen LogP contribution in [0.4, 0.5) is 11.4 Å². The Hall–Kier alpha value is -1.38. The van der Waals surface area contributed by atoms with Crippen LogP contribution in [0.1, 0.15) is 26.2 Å². The van der Waals surface area contributed by atoms with Gasteiger partial charge in [0.05, 0.1) is 10.3 Å². The molecule has 1 fully saturated rings. The van der Waals surface area contributed by atoms with Gasteiger partial charge in [-0.15, -0.1) is 0 Å². The molecule has 1 aliphatic rings. The molecule has 1 aromatic rings. The van der Waals surface area contributed by atoms with E-state index >= 15 is 0 Å². The molecule has 108 valence electrons. The van der Waals surface area contributed by atoms with E-state index in [-0.39, 0.29) is 11.7 Å². The lowest BCUT2D eigenvalue weighted by atomic mass is 9.85. The Morgan fingerprint density at radius 3 is 2.85 bits per heavy atom. The Morgan fingerprint density at radius 2 is 2.30 bits per heavy atom. The van der Waals surface area contributed by atoms with E-state index in [0.29, 0.717) is 6.42 Å². The van der Waals surface area contributed by atoms with Crippen molar-refractivity contribution in [2.45, 2.75) is 32.2 Å². The van der Waals surface area contributed by atoms with Crippen LogP contribution in [-0.2, 0) is 4.79 Å². The molecule has 0 aromatic heterocycles. The highest BCUT2D eigenvalue weighted by molar-refractivity contribution is 14.1. The summed E-state index contributed by atoms with van der Waals surface area (Å²) in [5, 5.41) is 23.3. The molecule has 1 aliphatic carbocycles. The number of halogens is 1. The molecular weight excluding hydrogens is 375 g/mol. The van der Waals surface area contributed by atoms with Gasteiger partial charge in [-0.3, -0.25) is 14.9 Å². The third-order valence-electron chi connectivity index (χ3n) is 3.94. The summed E-state index contributed by atoms with van der Waals surface area (Å²) >= 11 is 2.02. The van der Waals surface area contributed by atoms with Gasteiger partial charge in [-0.2, -0.15) is 0 Å². The molecule has 6 nitrogen and oxygen atoms in total.